The third-order valence-electron chi connectivity index (χ3n) is 4.91. The minimum Gasteiger partial charge on any atom is -0.490 e. The predicted molar refractivity (Wildman–Crippen MR) is 115 cm³/mol. The van der Waals surface area contributed by atoms with Gasteiger partial charge in [-0.3, -0.25) is 0 Å². The van der Waals surface area contributed by atoms with Crippen molar-refractivity contribution in [2.75, 3.05) is 18.4 Å². The number of likely N-dealkylation sites (tertiary alicyclic amines) is 1. The summed E-state index contributed by atoms with van der Waals surface area (Å²) in [6, 6.07) is 9.65. The Hall–Kier alpha value is -3.16. The van der Waals surface area contributed by atoms with E-state index in [1.54, 1.807) is 6.08 Å². The molecule has 2 aromatic rings. The number of piperidine rings is 1. The first kappa shape index (κ1) is 24.0. The molecular weight excluding hydrogens is 482 g/mol. The summed E-state index contributed by atoms with van der Waals surface area (Å²) in [4.78, 5) is 19.0. The minimum absolute atomic E-state index is 0.0224. The summed E-state index contributed by atoms with van der Waals surface area (Å²) in [5.74, 6) is -1.51. The topological polar surface area (TPSA) is 81.3 Å². The summed E-state index contributed by atoms with van der Waals surface area (Å²) in [7, 11) is 0. The van der Waals surface area contributed by atoms with E-state index in [1.165, 1.54) is 4.90 Å². The van der Waals surface area contributed by atoms with Gasteiger partial charge in [-0.1, -0.05) is 12.1 Å². The van der Waals surface area contributed by atoms with E-state index in [-0.39, 0.29) is 11.8 Å². The van der Waals surface area contributed by atoms with Gasteiger partial charge in [0.25, 0.3) is 0 Å². The summed E-state index contributed by atoms with van der Waals surface area (Å²) in [5.41, 5.74) is 3.20. The number of nitrogens with one attached hydrogen (secondary N) is 2. The number of anilines is 1. The van der Waals surface area contributed by atoms with E-state index < -0.39 is 24.0 Å². The van der Waals surface area contributed by atoms with Crippen molar-refractivity contribution in [3.63, 3.8) is 0 Å². The van der Waals surface area contributed by atoms with Crippen LogP contribution in [0, 0.1) is 5.82 Å². The molecule has 0 bridgehead atoms. The molecule has 34 heavy (non-hydrogen) atoms. The fourth-order valence-corrected chi connectivity index (χ4v) is 3.73. The number of rotatable bonds is 5. The summed E-state index contributed by atoms with van der Waals surface area (Å²) < 4.78 is 64.9. The molecule has 2 heterocycles. The van der Waals surface area contributed by atoms with Crippen LogP contribution in [0.4, 0.5) is 28.0 Å². The summed E-state index contributed by atoms with van der Waals surface area (Å²) >= 11 is 1.07. The molecule has 2 aromatic carbocycles. The number of alkyl halides is 3. The van der Waals surface area contributed by atoms with Crippen LogP contribution in [0.5, 0.6) is 11.5 Å². The number of nitrogens with zero attached hydrogens (tertiary/aromatic N) is 1. The lowest BCUT2D eigenvalue weighted by atomic mass is 10.1. The minimum atomic E-state index is -5.01. The Bertz CT molecular complexity index is 1040. The second kappa shape index (κ2) is 10.4. The van der Waals surface area contributed by atoms with Crippen LogP contribution in [-0.4, -0.2) is 36.5 Å². The third kappa shape index (κ3) is 6.68. The van der Waals surface area contributed by atoms with Crippen molar-refractivity contribution < 1.29 is 41.0 Å². The van der Waals surface area contributed by atoms with Gasteiger partial charge in [-0.15, -0.1) is 13.2 Å². The fourth-order valence-electron chi connectivity index (χ4n) is 3.32. The lowest BCUT2D eigenvalue weighted by Crippen LogP contribution is -2.43. The Morgan fingerprint density at radius 1 is 1.18 bits per heavy atom. The maximum atomic E-state index is 13.8. The summed E-state index contributed by atoms with van der Waals surface area (Å²) in [6.07, 6.45) is -2.13. The van der Waals surface area contributed by atoms with Gasteiger partial charge in [0.15, 0.2) is 11.6 Å². The number of benzene rings is 2. The van der Waals surface area contributed by atoms with Crippen molar-refractivity contribution in [1.82, 2.24) is 10.5 Å². The molecule has 0 aromatic heterocycles. The quantitative estimate of drug-likeness (QED) is 0.430. The average molecular weight is 501 g/mol. The zero-order valence-corrected chi connectivity index (χ0v) is 18.2. The van der Waals surface area contributed by atoms with Crippen molar-refractivity contribution in [3.8, 4) is 11.5 Å². The number of amides is 2. The highest BCUT2D eigenvalue weighted by Gasteiger charge is 2.32. The van der Waals surface area contributed by atoms with Gasteiger partial charge in [0.05, 0.1) is 12.0 Å². The van der Waals surface area contributed by atoms with Crippen molar-refractivity contribution in [2.45, 2.75) is 25.3 Å². The Balaban J connectivity index is 1.24. The molecule has 182 valence electrons. The highest BCUT2D eigenvalue weighted by Crippen LogP contribution is 2.28. The van der Waals surface area contributed by atoms with Gasteiger partial charge in [-0.25, -0.2) is 9.18 Å². The smallest absolute Gasteiger partial charge is 0.490 e. The van der Waals surface area contributed by atoms with Crippen LogP contribution in [0.25, 0.3) is 6.08 Å². The Morgan fingerprint density at radius 3 is 2.53 bits per heavy atom. The maximum Gasteiger partial charge on any atom is 0.573 e. The lowest BCUT2D eigenvalue weighted by Gasteiger charge is -2.32. The first-order valence-electron chi connectivity index (χ1n) is 10.1. The largest absolute Gasteiger partial charge is 0.573 e. The molecule has 0 unspecified atom stereocenters. The van der Waals surface area contributed by atoms with Gasteiger partial charge in [0.2, 0.25) is 5.09 Å². The Kier molecular flexibility index (Phi) is 7.34. The van der Waals surface area contributed by atoms with Gasteiger partial charge < -0.3 is 24.5 Å². The first-order valence-corrected chi connectivity index (χ1v) is 10.8. The number of carbonyl (C=O) groups excluding carboxylic acids is 1. The zero-order valence-electron chi connectivity index (χ0n) is 17.4. The normalized spacial score (nSPS) is 18.0. The average Bonchev–Trinajstić information content (AvgIpc) is 3.30. The van der Waals surface area contributed by atoms with E-state index >= 15 is 0 Å². The van der Waals surface area contributed by atoms with Crippen molar-refractivity contribution in [3.05, 3.63) is 58.9 Å². The van der Waals surface area contributed by atoms with Gasteiger partial charge in [-0.05, 0) is 41.5 Å². The molecule has 0 radical (unpaired) electrons. The van der Waals surface area contributed by atoms with Crippen LogP contribution in [0.3, 0.4) is 0 Å². The van der Waals surface area contributed by atoms with Crippen LogP contribution in [0.15, 0.2) is 47.6 Å². The number of carbonyl (C=O) groups is 1. The molecule has 0 aliphatic carbocycles. The SMILES string of the molecule is O=C(Nc1ccc(OC(F)(F)F)c(F)c1)N1CCC(Oc2ccc(/C=C3/ONOS3)cc2)CC1. The second-order valence-corrected chi connectivity index (χ2v) is 8.05. The van der Waals surface area contributed by atoms with E-state index in [0.29, 0.717) is 36.8 Å². The number of ether oxygens (including phenoxy) is 2. The van der Waals surface area contributed by atoms with Crippen LogP contribution in [0.2, 0.25) is 0 Å². The molecule has 0 saturated carbocycles. The third-order valence-corrected chi connectivity index (χ3v) is 5.42. The van der Waals surface area contributed by atoms with E-state index in [9.17, 15) is 22.4 Å². The van der Waals surface area contributed by atoms with Crippen LogP contribution in [0.1, 0.15) is 18.4 Å². The second-order valence-electron chi connectivity index (χ2n) is 7.31. The van der Waals surface area contributed by atoms with E-state index in [4.69, 9.17) is 13.9 Å². The fraction of sp³-hybridized carbons (Fsp3) is 0.286. The number of halogens is 4. The highest BCUT2D eigenvalue weighted by atomic mass is 32.2. The Labute approximate surface area is 195 Å². The predicted octanol–water partition coefficient (Wildman–Crippen LogP) is 5.21. The van der Waals surface area contributed by atoms with Crippen LogP contribution >= 0.6 is 12.0 Å². The van der Waals surface area contributed by atoms with Gasteiger partial charge in [0.1, 0.15) is 11.9 Å². The van der Waals surface area contributed by atoms with E-state index in [2.05, 4.69) is 15.7 Å². The first-order chi connectivity index (χ1) is 16.2. The Morgan fingerprint density at radius 2 is 1.91 bits per heavy atom. The maximum absolute atomic E-state index is 13.8. The molecule has 2 amide bonds. The number of hydrogen-bond acceptors (Lipinski definition) is 7. The molecular formula is C21H19F4N3O5S. The molecule has 2 saturated heterocycles. The number of urea groups is 1. The molecule has 2 aliphatic rings. The lowest BCUT2D eigenvalue weighted by molar-refractivity contribution is -0.275. The summed E-state index contributed by atoms with van der Waals surface area (Å²) in [5, 5.41) is 3.06. The van der Waals surface area contributed by atoms with Gasteiger partial charge >= 0.3 is 12.4 Å². The zero-order chi connectivity index (χ0) is 24.1. The van der Waals surface area contributed by atoms with Gasteiger partial charge in [0, 0.05) is 37.7 Å². The molecule has 13 heteroatoms. The van der Waals surface area contributed by atoms with E-state index in [0.717, 1.165) is 35.8 Å². The monoisotopic (exact) mass is 501 g/mol. The van der Waals surface area contributed by atoms with Crippen molar-refractivity contribution >= 4 is 29.8 Å². The van der Waals surface area contributed by atoms with Crippen molar-refractivity contribution in [1.29, 1.82) is 0 Å². The molecule has 2 N–H and O–H groups in total. The number of hydrogen-bond donors (Lipinski definition) is 2. The van der Waals surface area contributed by atoms with E-state index in [1.807, 2.05) is 24.3 Å². The van der Waals surface area contributed by atoms with Crippen LogP contribution < -0.4 is 20.4 Å². The standard InChI is InChI=1S/C21H19F4N3O5S/c22-17-12-14(3-6-18(17)31-21(23,24)25)26-20(29)28-9-7-16(8-10-28)30-15-4-1-13(2-5-15)11-19-32-27-33-34-19/h1-6,11-12,16,27H,7-10H2,(H,26,29)/b19-11-. The molecule has 0 spiro atoms. The molecule has 4 rings (SSSR count). The van der Waals surface area contributed by atoms with Gasteiger partial charge in [-0.2, -0.15) is 4.28 Å². The highest BCUT2D eigenvalue weighted by molar-refractivity contribution is 7.98. The molecule has 0 atom stereocenters. The molecule has 8 nitrogen and oxygen atoms in total. The molecule has 2 aliphatic heterocycles. The van der Waals surface area contributed by atoms with Crippen LogP contribution in [-0.2, 0) is 9.12 Å². The molecule has 2 fully saturated rings. The summed E-state index contributed by atoms with van der Waals surface area (Å²) in [6.45, 7) is 0.806. The van der Waals surface area contributed by atoms with Crippen molar-refractivity contribution in [2.24, 2.45) is 0 Å².